The number of hydrogen-bond acceptors (Lipinski definition) is 4. The lowest BCUT2D eigenvalue weighted by Crippen LogP contribution is -2.23. The van der Waals surface area contributed by atoms with Crippen molar-refractivity contribution in [1.29, 1.82) is 5.26 Å². The van der Waals surface area contributed by atoms with Crippen molar-refractivity contribution in [2.45, 2.75) is 26.4 Å². The number of aliphatic hydroxyl groups is 1. The fourth-order valence-corrected chi connectivity index (χ4v) is 1.46. The van der Waals surface area contributed by atoms with Gasteiger partial charge < -0.3 is 15.2 Å². The monoisotopic (exact) mass is 280 g/mol. The van der Waals surface area contributed by atoms with Crippen LogP contribution in [0.5, 0.6) is 5.75 Å². The molecule has 0 saturated carbocycles. The average molecular weight is 280 g/mol. The minimum absolute atomic E-state index is 0.0386. The molecular formula is C14H17FN2O3. The standard InChI is InChI=1S/C14H17FN2O3/c1-9(2)12(18)8-14(19)17-11-4-3-10(15)7-13(11)20-6-5-16/h3-4,7,9,12,18H,6,8H2,1-2H3,(H,17,19). The van der Waals surface area contributed by atoms with Crippen LogP contribution in [0.25, 0.3) is 0 Å². The number of nitrogens with one attached hydrogen (secondary N) is 1. The molecule has 0 aliphatic rings. The Bertz CT molecular complexity index is 512. The molecule has 20 heavy (non-hydrogen) atoms. The second kappa shape index (κ2) is 7.46. The van der Waals surface area contributed by atoms with Gasteiger partial charge in [0.05, 0.1) is 18.2 Å². The Balaban J connectivity index is 2.76. The number of carbonyl (C=O) groups excluding carboxylic acids is 1. The van der Waals surface area contributed by atoms with Gasteiger partial charge in [-0.15, -0.1) is 0 Å². The maximum absolute atomic E-state index is 13.1. The lowest BCUT2D eigenvalue weighted by Gasteiger charge is -2.15. The fraction of sp³-hybridized carbons (Fsp3) is 0.429. The molecule has 1 unspecified atom stereocenters. The molecule has 1 aromatic rings. The Morgan fingerprint density at radius 2 is 2.25 bits per heavy atom. The molecule has 0 radical (unpaired) electrons. The summed E-state index contributed by atoms with van der Waals surface area (Å²) in [6, 6.07) is 5.38. The zero-order valence-corrected chi connectivity index (χ0v) is 11.4. The van der Waals surface area contributed by atoms with Gasteiger partial charge in [-0.1, -0.05) is 13.8 Å². The summed E-state index contributed by atoms with van der Waals surface area (Å²) in [5.74, 6) is -0.889. The van der Waals surface area contributed by atoms with E-state index in [0.717, 1.165) is 6.07 Å². The number of aliphatic hydroxyl groups excluding tert-OH is 1. The van der Waals surface area contributed by atoms with Gasteiger partial charge in [0, 0.05) is 6.07 Å². The van der Waals surface area contributed by atoms with Crippen LogP contribution in [0.4, 0.5) is 10.1 Å². The number of amides is 1. The van der Waals surface area contributed by atoms with Crippen LogP contribution in [0.2, 0.25) is 0 Å². The highest BCUT2D eigenvalue weighted by Crippen LogP contribution is 2.25. The van der Waals surface area contributed by atoms with E-state index in [2.05, 4.69) is 5.32 Å². The van der Waals surface area contributed by atoms with Gasteiger partial charge in [0.25, 0.3) is 0 Å². The molecule has 1 atom stereocenters. The van der Waals surface area contributed by atoms with Crippen molar-refractivity contribution in [3.8, 4) is 11.8 Å². The van der Waals surface area contributed by atoms with E-state index in [4.69, 9.17) is 10.00 Å². The predicted molar refractivity (Wildman–Crippen MR) is 71.6 cm³/mol. The van der Waals surface area contributed by atoms with Gasteiger partial charge in [0.2, 0.25) is 5.91 Å². The number of hydrogen-bond donors (Lipinski definition) is 2. The molecule has 1 aromatic carbocycles. The second-order valence-electron chi connectivity index (χ2n) is 4.65. The van der Waals surface area contributed by atoms with E-state index >= 15 is 0 Å². The lowest BCUT2D eigenvalue weighted by atomic mass is 10.0. The quantitative estimate of drug-likeness (QED) is 0.835. The zero-order chi connectivity index (χ0) is 15.1. The van der Waals surface area contributed by atoms with Crippen LogP contribution in [-0.2, 0) is 4.79 Å². The second-order valence-corrected chi connectivity index (χ2v) is 4.65. The van der Waals surface area contributed by atoms with Crippen LogP contribution < -0.4 is 10.1 Å². The van der Waals surface area contributed by atoms with Gasteiger partial charge in [-0.05, 0) is 18.1 Å². The highest BCUT2D eigenvalue weighted by molar-refractivity contribution is 5.92. The van der Waals surface area contributed by atoms with Crippen LogP contribution in [0.15, 0.2) is 18.2 Å². The van der Waals surface area contributed by atoms with Gasteiger partial charge in [-0.2, -0.15) is 5.26 Å². The first kappa shape index (κ1) is 15.9. The fourth-order valence-electron chi connectivity index (χ4n) is 1.46. The van der Waals surface area contributed by atoms with Crippen molar-refractivity contribution in [2.75, 3.05) is 11.9 Å². The molecule has 0 aliphatic carbocycles. The number of benzene rings is 1. The van der Waals surface area contributed by atoms with Crippen molar-refractivity contribution in [1.82, 2.24) is 0 Å². The van der Waals surface area contributed by atoms with Crippen molar-refractivity contribution in [3.63, 3.8) is 0 Å². The van der Waals surface area contributed by atoms with E-state index in [1.54, 1.807) is 19.9 Å². The van der Waals surface area contributed by atoms with Crippen LogP contribution >= 0.6 is 0 Å². The molecule has 0 fully saturated rings. The first-order valence-corrected chi connectivity index (χ1v) is 6.21. The molecule has 2 N–H and O–H groups in total. The Morgan fingerprint density at radius 1 is 1.55 bits per heavy atom. The van der Waals surface area contributed by atoms with Crippen molar-refractivity contribution >= 4 is 11.6 Å². The van der Waals surface area contributed by atoms with E-state index in [1.165, 1.54) is 12.1 Å². The Kier molecular flexibility index (Phi) is 5.94. The van der Waals surface area contributed by atoms with Gasteiger partial charge in [-0.3, -0.25) is 4.79 Å². The maximum Gasteiger partial charge on any atom is 0.227 e. The minimum Gasteiger partial charge on any atom is -0.476 e. The number of nitrogens with zero attached hydrogens (tertiary/aromatic N) is 1. The first-order chi connectivity index (χ1) is 9.43. The van der Waals surface area contributed by atoms with E-state index in [1.807, 2.05) is 0 Å². The Hall–Kier alpha value is -2.13. The summed E-state index contributed by atoms with van der Waals surface area (Å²) in [7, 11) is 0. The van der Waals surface area contributed by atoms with E-state index in [-0.39, 0.29) is 30.4 Å². The molecule has 5 nitrogen and oxygen atoms in total. The number of carbonyl (C=O) groups is 1. The van der Waals surface area contributed by atoms with E-state index in [9.17, 15) is 14.3 Å². The first-order valence-electron chi connectivity index (χ1n) is 6.21. The summed E-state index contributed by atoms with van der Waals surface area (Å²) < 4.78 is 18.2. The molecular weight excluding hydrogens is 263 g/mol. The maximum atomic E-state index is 13.1. The molecule has 6 heteroatoms. The molecule has 0 heterocycles. The van der Waals surface area contributed by atoms with Gasteiger partial charge >= 0.3 is 0 Å². The van der Waals surface area contributed by atoms with Gasteiger partial charge in [-0.25, -0.2) is 4.39 Å². The largest absolute Gasteiger partial charge is 0.476 e. The summed E-state index contributed by atoms with van der Waals surface area (Å²) in [6.07, 6.45) is -0.814. The number of ether oxygens (including phenoxy) is 1. The predicted octanol–water partition coefficient (Wildman–Crippen LogP) is 2.07. The van der Waals surface area contributed by atoms with Crippen LogP contribution in [-0.4, -0.2) is 23.7 Å². The smallest absolute Gasteiger partial charge is 0.227 e. The molecule has 0 aromatic heterocycles. The van der Waals surface area contributed by atoms with Crippen molar-refractivity contribution < 1.29 is 19.0 Å². The molecule has 1 amide bonds. The van der Waals surface area contributed by atoms with E-state index < -0.39 is 17.8 Å². The summed E-state index contributed by atoms with van der Waals surface area (Å²) in [5, 5.41) is 20.6. The SMILES string of the molecule is CC(C)C(O)CC(=O)Nc1ccc(F)cc1OCC#N. The third kappa shape index (κ3) is 4.86. The highest BCUT2D eigenvalue weighted by atomic mass is 19.1. The van der Waals surface area contributed by atoms with Crippen molar-refractivity contribution in [2.24, 2.45) is 5.92 Å². The number of halogens is 1. The normalized spacial score (nSPS) is 11.8. The van der Waals surface area contributed by atoms with E-state index in [0.29, 0.717) is 0 Å². The topological polar surface area (TPSA) is 82.3 Å². The molecule has 1 rings (SSSR count). The zero-order valence-electron chi connectivity index (χ0n) is 11.4. The summed E-state index contributed by atoms with van der Waals surface area (Å²) in [6.45, 7) is 3.36. The molecule has 0 aliphatic heterocycles. The number of rotatable bonds is 6. The Labute approximate surface area is 117 Å². The molecule has 0 saturated heterocycles. The summed E-state index contributed by atoms with van der Waals surface area (Å²) in [4.78, 5) is 11.8. The third-order valence-corrected chi connectivity index (χ3v) is 2.67. The Morgan fingerprint density at radius 3 is 2.85 bits per heavy atom. The lowest BCUT2D eigenvalue weighted by molar-refractivity contribution is -0.118. The number of anilines is 1. The van der Waals surface area contributed by atoms with Crippen molar-refractivity contribution in [3.05, 3.63) is 24.0 Å². The van der Waals surface area contributed by atoms with Crippen LogP contribution in [0, 0.1) is 23.1 Å². The average Bonchev–Trinajstić information content (AvgIpc) is 2.38. The van der Waals surface area contributed by atoms with Crippen LogP contribution in [0.3, 0.4) is 0 Å². The van der Waals surface area contributed by atoms with Gasteiger partial charge in [0.1, 0.15) is 17.6 Å². The minimum atomic E-state index is -0.751. The third-order valence-electron chi connectivity index (χ3n) is 2.67. The molecule has 0 bridgehead atoms. The number of nitriles is 1. The molecule has 0 spiro atoms. The summed E-state index contributed by atoms with van der Waals surface area (Å²) >= 11 is 0. The molecule has 108 valence electrons. The summed E-state index contributed by atoms with van der Waals surface area (Å²) in [5.41, 5.74) is 0.266. The highest BCUT2D eigenvalue weighted by Gasteiger charge is 2.16. The van der Waals surface area contributed by atoms with Crippen LogP contribution in [0.1, 0.15) is 20.3 Å². The van der Waals surface area contributed by atoms with Gasteiger partial charge in [0.15, 0.2) is 6.61 Å².